The van der Waals surface area contributed by atoms with Crippen molar-refractivity contribution >= 4 is 21.7 Å². The van der Waals surface area contributed by atoms with Crippen LogP contribution in [0, 0.1) is 6.92 Å². The van der Waals surface area contributed by atoms with E-state index in [0.717, 1.165) is 5.56 Å². The number of hydrogen-bond acceptors (Lipinski definition) is 5. The van der Waals surface area contributed by atoms with E-state index in [1.54, 1.807) is 44.5 Å². The van der Waals surface area contributed by atoms with Crippen molar-refractivity contribution in [2.75, 3.05) is 19.8 Å². The van der Waals surface area contributed by atoms with Gasteiger partial charge in [-0.15, -0.1) is 0 Å². The predicted molar refractivity (Wildman–Crippen MR) is 103 cm³/mol. The molecule has 0 bridgehead atoms. The standard InChI is InChI=1S/C18H24N4O4S/c1-13-9-14(6-7-16(13)27(3,24)25)10-21-18(19-2)22-12-17(23)20-11-15-5-4-8-26-15/h4-9H,10-12H2,1-3H3,(H,20,23)(H2,19,21,22). The maximum Gasteiger partial charge on any atom is 0.239 e. The number of nitrogens with zero attached hydrogens (tertiary/aromatic N) is 1. The van der Waals surface area contributed by atoms with Crippen LogP contribution in [0.1, 0.15) is 16.9 Å². The molecule has 8 nitrogen and oxygen atoms in total. The third-order valence-electron chi connectivity index (χ3n) is 3.78. The van der Waals surface area contributed by atoms with Crippen LogP contribution in [0.15, 0.2) is 50.9 Å². The van der Waals surface area contributed by atoms with Gasteiger partial charge in [0.05, 0.1) is 24.2 Å². The number of benzene rings is 1. The van der Waals surface area contributed by atoms with E-state index in [-0.39, 0.29) is 12.5 Å². The lowest BCUT2D eigenvalue weighted by Crippen LogP contribution is -2.42. The fourth-order valence-corrected chi connectivity index (χ4v) is 3.43. The molecule has 0 radical (unpaired) electrons. The summed E-state index contributed by atoms with van der Waals surface area (Å²) in [5.74, 6) is 0.953. The average Bonchev–Trinajstić information content (AvgIpc) is 3.12. The number of rotatable bonds is 7. The van der Waals surface area contributed by atoms with Gasteiger partial charge in [0.2, 0.25) is 5.91 Å². The zero-order valence-corrected chi connectivity index (χ0v) is 16.4. The number of amides is 1. The number of carbonyl (C=O) groups excluding carboxylic acids is 1. The summed E-state index contributed by atoms with van der Waals surface area (Å²) >= 11 is 0. The van der Waals surface area contributed by atoms with Crippen molar-refractivity contribution in [3.05, 3.63) is 53.5 Å². The molecule has 1 aromatic heterocycles. The van der Waals surface area contributed by atoms with Gasteiger partial charge in [-0.1, -0.05) is 12.1 Å². The Hall–Kier alpha value is -2.81. The van der Waals surface area contributed by atoms with Gasteiger partial charge < -0.3 is 20.4 Å². The highest BCUT2D eigenvalue weighted by molar-refractivity contribution is 7.90. The summed E-state index contributed by atoms with van der Waals surface area (Å²) in [5.41, 5.74) is 1.60. The first-order valence-corrected chi connectivity index (χ1v) is 10.2. The van der Waals surface area contributed by atoms with E-state index in [2.05, 4.69) is 20.9 Å². The van der Waals surface area contributed by atoms with Crippen LogP contribution >= 0.6 is 0 Å². The zero-order valence-electron chi connectivity index (χ0n) is 15.6. The second kappa shape index (κ2) is 9.22. The van der Waals surface area contributed by atoms with Crippen LogP contribution in [-0.2, 0) is 27.7 Å². The molecule has 1 amide bonds. The first-order valence-electron chi connectivity index (χ1n) is 8.33. The molecule has 3 N–H and O–H groups in total. The number of nitrogens with one attached hydrogen (secondary N) is 3. The van der Waals surface area contributed by atoms with Crippen molar-refractivity contribution in [3.63, 3.8) is 0 Å². The molecule has 0 aliphatic carbocycles. The number of furan rings is 1. The number of sulfone groups is 1. The quantitative estimate of drug-likeness (QED) is 0.478. The summed E-state index contributed by atoms with van der Waals surface area (Å²) < 4.78 is 28.5. The molecule has 0 spiro atoms. The lowest BCUT2D eigenvalue weighted by Gasteiger charge is -2.13. The molecule has 0 unspecified atom stereocenters. The lowest BCUT2D eigenvalue weighted by atomic mass is 10.1. The van der Waals surface area contributed by atoms with Crippen molar-refractivity contribution in [1.82, 2.24) is 16.0 Å². The zero-order chi connectivity index (χ0) is 19.9. The topological polar surface area (TPSA) is 113 Å². The van der Waals surface area contributed by atoms with Crippen LogP contribution < -0.4 is 16.0 Å². The molecule has 27 heavy (non-hydrogen) atoms. The van der Waals surface area contributed by atoms with E-state index in [1.165, 1.54) is 6.26 Å². The number of guanidine groups is 1. The van der Waals surface area contributed by atoms with Gasteiger partial charge in [-0.25, -0.2) is 8.42 Å². The Kier molecular flexibility index (Phi) is 7.00. The van der Waals surface area contributed by atoms with E-state index in [4.69, 9.17) is 4.42 Å². The van der Waals surface area contributed by atoms with Crippen molar-refractivity contribution < 1.29 is 17.6 Å². The normalized spacial score (nSPS) is 11.9. The van der Waals surface area contributed by atoms with Crippen molar-refractivity contribution in [3.8, 4) is 0 Å². The van der Waals surface area contributed by atoms with Crippen molar-refractivity contribution in [2.24, 2.45) is 4.99 Å². The summed E-state index contributed by atoms with van der Waals surface area (Å²) in [7, 11) is -1.63. The average molecular weight is 392 g/mol. The number of aryl methyl sites for hydroxylation is 1. The second-order valence-corrected chi connectivity index (χ2v) is 7.99. The van der Waals surface area contributed by atoms with E-state index < -0.39 is 9.84 Å². The molecule has 9 heteroatoms. The molecule has 0 fully saturated rings. The molecule has 1 heterocycles. The van der Waals surface area contributed by atoms with Crippen molar-refractivity contribution in [1.29, 1.82) is 0 Å². The highest BCUT2D eigenvalue weighted by Crippen LogP contribution is 2.16. The van der Waals surface area contributed by atoms with Crippen LogP contribution in [0.2, 0.25) is 0 Å². The van der Waals surface area contributed by atoms with Gasteiger partial charge in [0, 0.05) is 19.8 Å². The molecule has 0 aliphatic rings. The number of carbonyl (C=O) groups is 1. The molecular formula is C18H24N4O4S. The fourth-order valence-electron chi connectivity index (χ4n) is 2.47. The Bertz CT molecular complexity index is 905. The molecule has 1 aromatic carbocycles. The summed E-state index contributed by atoms with van der Waals surface area (Å²) in [6.07, 6.45) is 2.74. The van der Waals surface area contributed by atoms with Gasteiger partial charge in [0.1, 0.15) is 5.76 Å². The van der Waals surface area contributed by atoms with Crippen LogP contribution in [-0.4, -0.2) is 40.1 Å². The number of hydrogen-bond donors (Lipinski definition) is 3. The van der Waals surface area contributed by atoms with E-state index in [9.17, 15) is 13.2 Å². The Morgan fingerprint density at radius 2 is 1.93 bits per heavy atom. The Morgan fingerprint density at radius 3 is 2.52 bits per heavy atom. The summed E-state index contributed by atoms with van der Waals surface area (Å²) in [6, 6.07) is 8.70. The summed E-state index contributed by atoms with van der Waals surface area (Å²) in [5, 5.41) is 8.74. The minimum atomic E-state index is -3.23. The predicted octanol–water partition coefficient (Wildman–Crippen LogP) is 0.973. The monoisotopic (exact) mass is 392 g/mol. The van der Waals surface area contributed by atoms with E-state index in [0.29, 0.717) is 35.3 Å². The Balaban J connectivity index is 1.81. The largest absolute Gasteiger partial charge is 0.467 e. The molecular weight excluding hydrogens is 368 g/mol. The maximum atomic E-state index is 11.9. The first-order chi connectivity index (χ1) is 12.8. The maximum absolute atomic E-state index is 11.9. The van der Waals surface area contributed by atoms with Gasteiger partial charge in [0.15, 0.2) is 15.8 Å². The van der Waals surface area contributed by atoms with Crippen LogP contribution in [0.25, 0.3) is 0 Å². The van der Waals surface area contributed by atoms with Gasteiger partial charge >= 0.3 is 0 Å². The summed E-state index contributed by atoms with van der Waals surface area (Å²) in [6.45, 7) is 2.59. The molecule has 0 saturated carbocycles. The van der Waals surface area contributed by atoms with Gasteiger partial charge in [0.25, 0.3) is 0 Å². The van der Waals surface area contributed by atoms with Crippen LogP contribution in [0.5, 0.6) is 0 Å². The third-order valence-corrected chi connectivity index (χ3v) is 5.04. The molecule has 0 atom stereocenters. The van der Waals surface area contributed by atoms with E-state index in [1.807, 2.05) is 6.07 Å². The van der Waals surface area contributed by atoms with E-state index >= 15 is 0 Å². The van der Waals surface area contributed by atoms with Gasteiger partial charge in [-0.05, 0) is 36.2 Å². The molecule has 146 valence electrons. The molecule has 2 aromatic rings. The third kappa shape index (κ3) is 6.45. The summed E-state index contributed by atoms with van der Waals surface area (Å²) in [4.78, 5) is 16.2. The minimum Gasteiger partial charge on any atom is -0.467 e. The first kappa shape index (κ1) is 20.5. The van der Waals surface area contributed by atoms with Crippen molar-refractivity contribution in [2.45, 2.75) is 24.9 Å². The molecule has 2 rings (SSSR count). The molecule has 0 saturated heterocycles. The van der Waals surface area contributed by atoms with Gasteiger partial charge in [-0.3, -0.25) is 9.79 Å². The smallest absolute Gasteiger partial charge is 0.239 e. The fraction of sp³-hybridized carbons (Fsp3) is 0.333. The van der Waals surface area contributed by atoms with Crippen LogP contribution in [0.4, 0.5) is 0 Å². The highest BCUT2D eigenvalue weighted by Gasteiger charge is 2.11. The van der Waals surface area contributed by atoms with Gasteiger partial charge in [-0.2, -0.15) is 0 Å². The second-order valence-electron chi connectivity index (χ2n) is 6.01. The number of aliphatic imine (C=N–C) groups is 1. The SMILES string of the molecule is CN=C(NCC(=O)NCc1ccco1)NCc1ccc(S(C)(=O)=O)c(C)c1. The molecule has 0 aliphatic heterocycles. The highest BCUT2D eigenvalue weighted by atomic mass is 32.2. The minimum absolute atomic E-state index is 0.0619. The lowest BCUT2D eigenvalue weighted by molar-refractivity contribution is -0.120. The Morgan fingerprint density at radius 1 is 1.15 bits per heavy atom. The Labute approximate surface area is 159 Å². The van der Waals surface area contributed by atoms with Crippen LogP contribution in [0.3, 0.4) is 0 Å².